The van der Waals surface area contributed by atoms with Crippen LogP contribution in [0.1, 0.15) is 31.2 Å². The van der Waals surface area contributed by atoms with E-state index in [0.717, 1.165) is 43.5 Å². The van der Waals surface area contributed by atoms with Crippen LogP contribution in [0.2, 0.25) is 5.02 Å². The first kappa shape index (κ1) is 23.1. The second kappa shape index (κ2) is 9.27. The van der Waals surface area contributed by atoms with Crippen molar-refractivity contribution in [3.8, 4) is 0 Å². The minimum atomic E-state index is -4.72. The predicted octanol–water partition coefficient (Wildman–Crippen LogP) is 4.60. The number of nitrogens with one attached hydrogen (secondary N) is 1. The Kier molecular flexibility index (Phi) is 6.90. The van der Waals surface area contributed by atoms with E-state index in [0.29, 0.717) is 10.4 Å². The molecule has 1 fully saturated rings. The molecule has 0 atom stereocenters. The van der Waals surface area contributed by atoms with Gasteiger partial charge in [0.25, 0.3) is 15.9 Å². The zero-order chi connectivity index (χ0) is 22.6. The molecule has 2 aromatic rings. The Hall–Kier alpha value is -2.59. The van der Waals surface area contributed by atoms with Gasteiger partial charge < -0.3 is 0 Å². The molecule has 31 heavy (non-hydrogen) atoms. The summed E-state index contributed by atoms with van der Waals surface area (Å²) in [6.45, 7) is -0.797. The molecule has 0 aromatic heterocycles. The van der Waals surface area contributed by atoms with Crippen LogP contribution in [-0.4, -0.2) is 26.6 Å². The summed E-state index contributed by atoms with van der Waals surface area (Å²) in [6.07, 6.45) is -1.37. The quantitative estimate of drug-likeness (QED) is 0.623. The number of hydrazone groups is 1. The van der Waals surface area contributed by atoms with Crippen molar-refractivity contribution in [2.45, 2.75) is 36.8 Å². The highest BCUT2D eigenvalue weighted by Gasteiger charge is 2.34. The van der Waals surface area contributed by atoms with Crippen LogP contribution in [0.4, 0.5) is 18.9 Å². The zero-order valence-corrected chi connectivity index (χ0v) is 17.8. The number of rotatable bonds is 6. The van der Waals surface area contributed by atoms with E-state index in [-0.39, 0.29) is 9.92 Å². The summed E-state index contributed by atoms with van der Waals surface area (Å²) in [5, 5.41) is 3.74. The van der Waals surface area contributed by atoms with Crippen molar-refractivity contribution in [2.24, 2.45) is 5.10 Å². The molecule has 6 nitrogen and oxygen atoms in total. The molecule has 166 valence electrons. The van der Waals surface area contributed by atoms with Gasteiger partial charge in [0.15, 0.2) is 0 Å². The molecule has 0 saturated heterocycles. The minimum Gasteiger partial charge on any atom is -0.271 e. The third kappa shape index (κ3) is 5.56. The number of amides is 1. The number of carbonyl (C=O) groups excluding carboxylic acids is 1. The molecule has 1 saturated carbocycles. The van der Waals surface area contributed by atoms with Gasteiger partial charge in [-0.15, -0.1) is 0 Å². The summed E-state index contributed by atoms with van der Waals surface area (Å²) in [5.41, 5.74) is 1.53. The molecule has 0 unspecified atom stereocenters. The van der Waals surface area contributed by atoms with Gasteiger partial charge in [0.2, 0.25) is 0 Å². The Bertz CT molecular complexity index is 1080. The van der Waals surface area contributed by atoms with Crippen molar-refractivity contribution in [1.82, 2.24) is 5.43 Å². The number of hydrogen-bond acceptors (Lipinski definition) is 4. The van der Waals surface area contributed by atoms with Crippen LogP contribution in [0.3, 0.4) is 0 Å². The average Bonchev–Trinajstić information content (AvgIpc) is 3.24. The summed E-state index contributed by atoms with van der Waals surface area (Å²) < 4.78 is 66.7. The molecule has 1 N–H and O–H groups in total. The SMILES string of the molecule is O=C(CN(c1cc(C(F)(F)F)ccc1Cl)S(=O)(=O)c1ccccc1)NN=C1CCCC1. The third-order valence-electron chi connectivity index (χ3n) is 4.68. The Labute approximate surface area is 182 Å². The van der Waals surface area contributed by atoms with Crippen LogP contribution in [0.15, 0.2) is 58.5 Å². The molecule has 0 aliphatic heterocycles. The molecule has 3 rings (SSSR count). The average molecular weight is 474 g/mol. The van der Waals surface area contributed by atoms with Crippen LogP contribution in [-0.2, 0) is 21.0 Å². The molecule has 1 amide bonds. The number of alkyl halides is 3. The maximum atomic E-state index is 13.2. The van der Waals surface area contributed by atoms with Crippen molar-refractivity contribution in [1.29, 1.82) is 0 Å². The van der Waals surface area contributed by atoms with Crippen LogP contribution in [0.5, 0.6) is 0 Å². The van der Waals surface area contributed by atoms with Crippen LogP contribution in [0, 0.1) is 0 Å². The third-order valence-corrected chi connectivity index (χ3v) is 6.77. The van der Waals surface area contributed by atoms with Gasteiger partial charge in [-0.05, 0) is 56.0 Å². The van der Waals surface area contributed by atoms with Crippen molar-refractivity contribution in [3.05, 3.63) is 59.1 Å². The highest BCUT2D eigenvalue weighted by Crippen LogP contribution is 2.37. The monoisotopic (exact) mass is 473 g/mol. The Morgan fingerprint density at radius 2 is 1.74 bits per heavy atom. The Balaban J connectivity index is 2.01. The highest BCUT2D eigenvalue weighted by molar-refractivity contribution is 7.92. The van der Waals surface area contributed by atoms with Gasteiger partial charge in [0.1, 0.15) is 6.54 Å². The van der Waals surface area contributed by atoms with E-state index in [1.54, 1.807) is 6.07 Å². The summed E-state index contributed by atoms with van der Waals surface area (Å²) in [7, 11) is -4.40. The van der Waals surface area contributed by atoms with Gasteiger partial charge in [-0.1, -0.05) is 29.8 Å². The molecule has 0 heterocycles. The van der Waals surface area contributed by atoms with E-state index in [1.807, 2.05) is 0 Å². The lowest BCUT2D eigenvalue weighted by molar-refractivity contribution is -0.137. The largest absolute Gasteiger partial charge is 0.416 e. The maximum Gasteiger partial charge on any atom is 0.416 e. The fourth-order valence-electron chi connectivity index (χ4n) is 3.10. The van der Waals surface area contributed by atoms with Gasteiger partial charge in [-0.3, -0.25) is 9.10 Å². The van der Waals surface area contributed by atoms with E-state index in [4.69, 9.17) is 11.6 Å². The number of halogens is 4. The van der Waals surface area contributed by atoms with E-state index >= 15 is 0 Å². The first-order chi connectivity index (χ1) is 14.6. The minimum absolute atomic E-state index is 0.196. The smallest absolute Gasteiger partial charge is 0.271 e. The van der Waals surface area contributed by atoms with Crippen LogP contribution in [0.25, 0.3) is 0 Å². The number of sulfonamides is 1. The fraction of sp³-hybridized carbons (Fsp3) is 0.300. The normalized spacial score (nSPS) is 14.4. The van der Waals surface area contributed by atoms with Gasteiger partial charge >= 0.3 is 6.18 Å². The van der Waals surface area contributed by atoms with Crippen LogP contribution >= 0.6 is 11.6 Å². The summed E-state index contributed by atoms with van der Waals surface area (Å²) in [4.78, 5) is 12.3. The summed E-state index contributed by atoms with van der Waals surface area (Å²) in [6, 6.07) is 9.37. The summed E-state index contributed by atoms with van der Waals surface area (Å²) in [5.74, 6) is -0.799. The topological polar surface area (TPSA) is 78.8 Å². The summed E-state index contributed by atoms with van der Waals surface area (Å²) >= 11 is 6.07. The highest BCUT2D eigenvalue weighted by atomic mass is 35.5. The lowest BCUT2D eigenvalue weighted by Gasteiger charge is -2.25. The zero-order valence-electron chi connectivity index (χ0n) is 16.2. The van der Waals surface area contributed by atoms with Gasteiger partial charge in [0.05, 0.1) is 21.2 Å². The van der Waals surface area contributed by atoms with Crippen molar-refractivity contribution < 1.29 is 26.4 Å². The number of benzene rings is 2. The molecular formula is C20H19ClF3N3O3S. The number of carbonyl (C=O) groups is 1. The lowest BCUT2D eigenvalue weighted by Crippen LogP contribution is -2.40. The lowest BCUT2D eigenvalue weighted by atomic mass is 10.2. The van der Waals surface area contributed by atoms with Crippen molar-refractivity contribution >= 4 is 38.9 Å². The second-order valence-corrected chi connectivity index (χ2v) is 9.18. The molecule has 11 heteroatoms. The van der Waals surface area contributed by atoms with Crippen molar-refractivity contribution in [3.63, 3.8) is 0 Å². The Morgan fingerprint density at radius 1 is 1.10 bits per heavy atom. The standard InChI is InChI=1S/C20H19ClF3N3O3S/c21-17-11-10-14(20(22,23)24)12-18(17)27(31(29,30)16-8-2-1-3-9-16)13-19(28)26-25-15-6-4-5-7-15/h1-3,8-12H,4-7,13H2,(H,26,28). The first-order valence-electron chi connectivity index (χ1n) is 9.38. The number of anilines is 1. The maximum absolute atomic E-state index is 13.2. The predicted molar refractivity (Wildman–Crippen MR) is 111 cm³/mol. The molecule has 1 aliphatic carbocycles. The van der Waals surface area contributed by atoms with E-state index < -0.39 is 39.9 Å². The molecule has 2 aromatic carbocycles. The second-order valence-electron chi connectivity index (χ2n) is 6.91. The number of hydrogen-bond donors (Lipinski definition) is 1. The van der Waals surface area contributed by atoms with Gasteiger partial charge in [0, 0.05) is 5.71 Å². The molecular weight excluding hydrogens is 455 g/mol. The number of nitrogens with zero attached hydrogens (tertiary/aromatic N) is 2. The fourth-order valence-corrected chi connectivity index (χ4v) is 4.82. The van der Waals surface area contributed by atoms with E-state index in [2.05, 4.69) is 10.5 Å². The van der Waals surface area contributed by atoms with E-state index in [9.17, 15) is 26.4 Å². The van der Waals surface area contributed by atoms with Crippen LogP contribution < -0.4 is 9.73 Å². The molecule has 0 radical (unpaired) electrons. The molecule has 0 spiro atoms. The van der Waals surface area contributed by atoms with Gasteiger partial charge in [-0.2, -0.15) is 18.3 Å². The molecule has 0 bridgehead atoms. The first-order valence-corrected chi connectivity index (χ1v) is 11.2. The van der Waals surface area contributed by atoms with Gasteiger partial charge in [-0.25, -0.2) is 13.8 Å². The molecule has 1 aliphatic rings. The Morgan fingerprint density at radius 3 is 2.35 bits per heavy atom. The van der Waals surface area contributed by atoms with E-state index in [1.165, 1.54) is 24.3 Å². The van der Waals surface area contributed by atoms with Crippen molar-refractivity contribution in [2.75, 3.05) is 10.8 Å².